The number of carbonyl (C=O) groups excluding carboxylic acids is 1. The Bertz CT molecular complexity index is 238. The topological polar surface area (TPSA) is 57.6 Å². The van der Waals surface area contributed by atoms with Crippen molar-refractivity contribution in [2.75, 3.05) is 13.6 Å². The predicted molar refractivity (Wildman–Crippen MR) is 58.4 cm³/mol. The van der Waals surface area contributed by atoms with Crippen LogP contribution in [0.5, 0.6) is 0 Å². The maximum atomic E-state index is 11.8. The van der Waals surface area contributed by atoms with Gasteiger partial charge in [-0.1, -0.05) is 27.7 Å². The number of hydrogen-bond donors (Lipinski definition) is 1. The first-order valence-corrected chi connectivity index (χ1v) is 5.25. The van der Waals surface area contributed by atoms with Crippen molar-refractivity contribution in [3.05, 3.63) is 0 Å². The first kappa shape index (κ1) is 13.9. The second-order valence-corrected chi connectivity index (χ2v) is 4.49. The predicted octanol–water partition coefficient (Wildman–Crippen LogP) is 1.46. The molecule has 0 spiro atoms. The Morgan fingerprint density at radius 2 is 1.67 bits per heavy atom. The van der Waals surface area contributed by atoms with E-state index in [9.17, 15) is 9.59 Å². The fraction of sp³-hybridized carbons (Fsp3) is 0.818. The normalized spacial score (nSPS) is 14.8. The van der Waals surface area contributed by atoms with Gasteiger partial charge < -0.3 is 10.0 Å². The van der Waals surface area contributed by atoms with Gasteiger partial charge in [0.15, 0.2) is 0 Å². The van der Waals surface area contributed by atoms with Gasteiger partial charge in [-0.2, -0.15) is 0 Å². The molecule has 0 unspecified atom stereocenters. The van der Waals surface area contributed by atoms with Crippen molar-refractivity contribution in [2.24, 2.45) is 17.8 Å². The van der Waals surface area contributed by atoms with Crippen LogP contribution in [-0.4, -0.2) is 35.5 Å². The Kier molecular flexibility index (Phi) is 5.33. The van der Waals surface area contributed by atoms with Gasteiger partial charge in [0.1, 0.15) is 0 Å². The van der Waals surface area contributed by atoms with Gasteiger partial charge >= 0.3 is 5.97 Å². The van der Waals surface area contributed by atoms with Crippen LogP contribution in [0.25, 0.3) is 0 Å². The maximum absolute atomic E-state index is 11.8. The van der Waals surface area contributed by atoms with Gasteiger partial charge in [-0.25, -0.2) is 0 Å². The van der Waals surface area contributed by atoms with E-state index in [0.717, 1.165) is 0 Å². The fourth-order valence-corrected chi connectivity index (χ4v) is 1.21. The molecule has 1 N–H and O–H groups in total. The van der Waals surface area contributed by atoms with Crippen LogP contribution >= 0.6 is 0 Å². The van der Waals surface area contributed by atoms with E-state index in [2.05, 4.69) is 0 Å². The Hall–Kier alpha value is -1.06. The van der Waals surface area contributed by atoms with Gasteiger partial charge in [-0.05, 0) is 5.92 Å². The SMILES string of the molecule is CC(C)[C@H](C)C(=O)N(C)C[C@@H](C)C(=O)O. The second kappa shape index (κ2) is 5.73. The third-order valence-corrected chi connectivity index (χ3v) is 2.74. The van der Waals surface area contributed by atoms with Crippen molar-refractivity contribution in [1.29, 1.82) is 0 Å². The molecule has 0 radical (unpaired) electrons. The Morgan fingerprint density at radius 1 is 1.20 bits per heavy atom. The monoisotopic (exact) mass is 215 g/mol. The van der Waals surface area contributed by atoms with Crippen molar-refractivity contribution in [3.8, 4) is 0 Å². The minimum absolute atomic E-state index is 0.0121. The average molecular weight is 215 g/mol. The first-order chi connectivity index (χ1) is 6.77. The molecule has 0 heterocycles. The number of rotatable bonds is 5. The van der Waals surface area contributed by atoms with Gasteiger partial charge in [-0.15, -0.1) is 0 Å². The van der Waals surface area contributed by atoms with Gasteiger partial charge in [0.25, 0.3) is 0 Å². The van der Waals surface area contributed by atoms with Crippen LogP contribution in [0.15, 0.2) is 0 Å². The van der Waals surface area contributed by atoms with Crippen molar-refractivity contribution in [2.45, 2.75) is 27.7 Å². The van der Waals surface area contributed by atoms with E-state index in [0.29, 0.717) is 0 Å². The van der Waals surface area contributed by atoms with E-state index < -0.39 is 11.9 Å². The Morgan fingerprint density at radius 3 is 2.00 bits per heavy atom. The number of carbonyl (C=O) groups is 2. The molecular weight excluding hydrogens is 194 g/mol. The molecule has 0 aliphatic rings. The lowest BCUT2D eigenvalue weighted by Crippen LogP contribution is -2.38. The average Bonchev–Trinajstić information content (AvgIpc) is 2.14. The van der Waals surface area contributed by atoms with Crippen LogP contribution in [0.2, 0.25) is 0 Å². The third-order valence-electron chi connectivity index (χ3n) is 2.74. The van der Waals surface area contributed by atoms with Crippen molar-refractivity contribution in [3.63, 3.8) is 0 Å². The Balaban J connectivity index is 4.27. The molecule has 0 aliphatic heterocycles. The highest BCUT2D eigenvalue weighted by atomic mass is 16.4. The molecule has 0 saturated carbocycles. The number of hydrogen-bond acceptors (Lipinski definition) is 2. The van der Waals surface area contributed by atoms with E-state index in [4.69, 9.17) is 5.11 Å². The van der Waals surface area contributed by atoms with Gasteiger partial charge in [0, 0.05) is 19.5 Å². The summed E-state index contributed by atoms with van der Waals surface area (Å²) in [6.45, 7) is 7.71. The highest BCUT2D eigenvalue weighted by Gasteiger charge is 2.23. The molecule has 1 amide bonds. The minimum Gasteiger partial charge on any atom is -0.481 e. The summed E-state index contributed by atoms with van der Waals surface area (Å²) in [7, 11) is 1.65. The summed E-state index contributed by atoms with van der Waals surface area (Å²) >= 11 is 0. The van der Waals surface area contributed by atoms with E-state index in [-0.39, 0.29) is 24.3 Å². The zero-order valence-corrected chi connectivity index (χ0v) is 10.2. The first-order valence-electron chi connectivity index (χ1n) is 5.25. The molecule has 0 aromatic heterocycles. The molecule has 4 nitrogen and oxygen atoms in total. The van der Waals surface area contributed by atoms with E-state index >= 15 is 0 Å². The van der Waals surface area contributed by atoms with E-state index in [1.54, 1.807) is 14.0 Å². The van der Waals surface area contributed by atoms with Crippen molar-refractivity contribution in [1.82, 2.24) is 4.90 Å². The zero-order chi connectivity index (χ0) is 12.2. The maximum Gasteiger partial charge on any atom is 0.308 e. The summed E-state index contributed by atoms with van der Waals surface area (Å²) in [5.41, 5.74) is 0. The fourth-order valence-electron chi connectivity index (χ4n) is 1.21. The van der Waals surface area contributed by atoms with Crippen LogP contribution in [0.4, 0.5) is 0 Å². The standard InChI is InChI=1S/C11H21NO3/c1-7(2)9(4)10(13)12(5)6-8(3)11(14)15/h7-9H,6H2,1-5H3,(H,14,15)/t8-,9+/m1/s1. The quantitative estimate of drug-likeness (QED) is 0.755. The summed E-state index contributed by atoms with van der Waals surface area (Å²) in [5.74, 6) is -1.15. The lowest BCUT2D eigenvalue weighted by atomic mass is 9.96. The summed E-state index contributed by atoms with van der Waals surface area (Å²) in [6.07, 6.45) is 0. The van der Waals surface area contributed by atoms with Crippen LogP contribution < -0.4 is 0 Å². The lowest BCUT2D eigenvalue weighted by Gasteiger charge is -2.24. The Labute approximate surface area is 91.3 Å². The van der Waals surface area contributed by atoms with Crippen LogP contribution in [0.1, 0.15) is 27.7 Å². The summed E-state index contributed by atoms with van der Waals surface area (Å²) < 4.78 is 0. The second-order valence-electron chi connectivity index (χ2n) is 4.49. The lowest BCUT2D eigenvalue weighted by molar-refractivity contribution is -0.143. The summed E-state index contributed by atoms with van der Waals surface area (Å²) in [4.78, 5) is 23.9. The zero-order valence-electron chi connectivity index (χ0n) is 10.2. The molecule has 15 heavy (non-hydrogen) atoms. The molecule has 0 aliphatic carbocycles. The van der Waals surface area contributed by atoms with Crippen LogP contribution in [-0.2, 0) is 9.59 Å². The molecule has 0 saturated heterocycles. The molecule has 0 bridgehead atoms. The largest absolute Gasteiger partial charge is 0.481 e. The van der Waals surface area contributed by atoms with Crippen molar-refractivity contribution < 1.29 is 14.7 Å². The number of carboxylic acids is 1. The number of carboxylic acid groups (broad SMARTS) is 1. The number of aliphatic carboxylic acids is 1. The minimum atomic E-state index is -0.869. The number of nitrogens with zero attached hydrogens (tertiary/aromatic N) is 1. The molecule has 0 rings (SSSR count). The molecule has 0 fully saturated rings. The molecule has 0 aromatic rings. The van der Waals surface area contributed by atoms with Gasteiger partial charge in [-0.3, -0.25) is 9.59 Å². The molecule has 2 atom stereocenters. The van der Waals surface area contributed by atoms with E-state index in [1.807, 2.05) is 20.8 Å². The summed E-state index contributed by atoms with van der Waals surface area (Å²) in [6, 6.07) is 0. The van der Waals surface area contributed by atoms with Crippen LogP contribution in [0.3, 0.4) is 0 Å². The summed E-state index contributed by atoms with van der Waals surface area (Å²) in [5, 5.41) is 8.72. The molecular formula is C11H21NO3. The third kappa shape index (κ3) is 4.32. The molecule has 0 aromatic carbocycles. The highest BCUT2D eigenvalue weighted by molar-refractivity contribution is 5.79. The molecule has 4 heteroatoms. The highest BCUT2D eigenvalue weighted by Crippen LogP contribution is 2.13. The smallest absolute Gasteiger partial charge is 0.308 e. The van der Waals surface area contributed by atoms with Crippen molar-refractivity contribution >= 4 is 11.9 Å². The molecule has 88 valence electrons. The van der Waals surface area contributed by atoms with Gasteiger partial charge in [0.2, 0.25) is 5.91 Å². The van der Waals surface area contributed by atoms with E-state index in [1.165, 1.54) is 4.90 Å². The van der Waals surface area contributed by atoms with Crippen LogP contribution in [0, 0.1) is 17.8 Å². The number of amides is 1. The van der Waals surface area contributed by atoms with Gasteiger partial charge in [0.05, 0.1) is 5.92 Å².